The molecule has 0 aliphatic carbocycles. The highest BCUT2D eigenvalue weighted by atomic mass is 16.5. The summed E-state index contributed by atoms with van der Waals surface area (Å²) in [5, 5.41) is 21.6. The van der Waals surface area contributed by atoms with Crippen LogP contribution in [0, 0.1) is 0 Å². The van der Waals surface area contributed by atoms with Gasteiger partial charge in [-0.2, -0.15) is 0 Å². The third-order valence-electron chi connectivity index (χ3n) is 3.68. The molecule has 6 heteroatoms. The van der Waals surface area contributed by atoms with E-state index in [-0.39, 0.29) is 17.7 Å². The van der Waals surface area contributed by atoms with E-state index in [1.165, 1.54) is 0 Å². The Labute approximate surface area is 130 Å². The summed E-state index contributed by atoms with van der Waals surface area (Å²) in [4.78, 5) is 23.3. The standard InChI is InChI=1S/C17H14O6/c1-22-17(21)14(19)7-10-6-13-12-8-11(18)4-2-9(12)3-5-15(13)23-16(10)20/h2-6,8,14,18-19H,7H2,1H3/t14-/m0/s1. The van der Waals surface area contributed by atoms with Gasteiger partial charge in [0.1, 0.15) is 11.3 Å². The van der Waals surface area contributed by atoms with E-state index in [1.54, 1.807) is 36.4 Å². The molecule has 23 heavy (non-hydrogen) atoms. The molecule has 0 amide bonds. The molecule has 0 aliphatic rings. The molecule has 118 valence electrons. The van der Waals surface area contributed by atoms with Crippen molar-refractivity contribution in [1.82, 2.24) is 0 Å². The van der Waals surface area contributed by atoms with Crippen molar-refractivity contribution >= 4 is 27.7 Å². The lowest BCUT2D eigenvalue weighted by Crippen LogP contribution is -2.26. The predicted octanol–water partition coefficient (Wildman–Crippen LogP) is 1.73. The molecule has 0 spiro atoms. The Morgan fingerprint density at radius 2 is 1.96 bits per heavy atom. The highest BCUT2D eigenvalue weighted by Gasteiger charge is 2.19. The number of aromatic hydroxyl groups is 1. The number of carbonyl (C=O) groups is 1. The minimum Gasteiger partial charge on any atom is -0.508 e. The fourth-order valence-electron chi connectivity index (χ4n) is 2.52. The van der Waals surface area contributed by atoms with E-state index >= 15 is 0 Å². The van der Waals surface area contributed by atoms with Crippen molar-refractivity contribution < 1.29 is 24.2 Å². The van der Waals surface area contributed by atoms with Crippen molar-refractivity contribution in [3.05, 3.63) is 52.4 Å². The highest BCUT2D eigenvalue weighted by Crippen LogP contribution is 2.28. The van der Waals surface area contributed by atoms with Gasteiger partial charge in [0.2, 0.25) is 0 Å². The third kappa shape index (κ3) is 2.76. The number of aliphatic hydroxyl groups excluding tert-OH is 1. The lowest BCUT2D eigenvalue weighted by Gasteiger charge is -2.09. The first-order chi connectivity index (χ1) is 11.0. The van der Waals surface area contributed by atoms with Crippen molar-refractivity contribution in [2.24, 2.45) is 0 Å². The summed E-state index contributed by atoms with van der Waals surface area (Å²) >= 11 is 0. The minimum atomic E-state index is -1.44. The number of fused-ring (bicyclic) bond motifs is 3. The number of phenols is 1. The Balaban J connectivity index is 2.18. The molecule has 2 aromatic carbocycles. The third-order valence-corrected chi connectivity index (χ3v) is 3.68. The van der Waals surface area contributed by atoms with E-state index < -0.39 is 17.7 Å². The van der Waals surface area contributed by atoms with Crippen LogP contribution in [0.4, 0.5) is 0 Å². The van der Waals surface area contributed by atoms with Gasteiger partial charge >= 0.3 is 11.6 Å². The van der Waals surface area contributed by atoms with E-state index in [1.807, 2.05) is 0 Å². The maximum Gasteiger partial charge on any atom is 0.339 e. The number of aliphatic hydroxyl groups is 1. The zero-order valence-electron chi connectivity index (χ0n) is 12.3. The molecule has 3 rings (SSSR count). The minimum absolute atomic E-state index is 0.0901. The molecule has 0 saturated carbocycles. The molecule has 0 unspecified atom stereocenters. The topological polar surface area (TPSA) is 97.0 Å². The summed E-state index contributed by atoms with van der Waals surface area (Å²) < 4.78 is 9.70. The van der Waals surface area contributed by atoms with Crippen LogP contribution < -0.4 is 5.63 Å². The Morgan fingerprint density at radius 3 is 2.70 bits per heavy atom. The van der Waals surface area contributed by atoms with Gasteiger partial charge in [0.15, 0.2) is 6.10 Å². The van der Waals surface area contributed by atoms with E-state index in [0.717, 1.165) is 12.5 Å². The zero-order valence-corrected chi connectivity index (χ0v) is 12.3. The second kappa shape index (κ2) is 5.73. The lowest BCUT2D eigenvalue weighted by atomic mass is 10.0. The molecule has 2 N–H and O–H groups in total. The molecule has 0 radical (unpaired) electrons. The molecule has 0 aliphatic heterocycles. The summed E-state index contributed by atoms with van der Waals surface area (Å²) in [5.41, 5.74) is -0.101. The number of hydrogen-bond donors (Lipinski definition) is 2. The smallest absolute Gasteiger partial charge is 0.339 e. The van der Waals surface area contributed by atoms with E-state index in [4.69, 9.17) is 4.42 Å². The summed E-state index contributed by atoms with van der Waals surface area (Å²) in [5.74, 6) is -0.729. The van der Waals surface area contributed by atoms with Crippen LogP contribution >= 0.6 is 0 Å². The number of ether oxygens (including phenoxy) is 1. The molecule has 1 aromatic heterocycles. The highest BCUT2D eigenvalue weighted by molar-refractivity contribution is 6.06. The van der Waals surface area contributed by atoms with Crippen molar-refractivity contribution in [3.63, 3.8) is 0 Å². The van der Waals surface area contributed by atoms with Gasteiger partial charge in [-0.1, -0.05) is 12.1 Å². The Morgan fingerprint density at radius 1 is 1.22 bits per heavy atom. The average molecular weight is 314 g/mol. The number of hydrogen-bond acceptors (Lipinski definition) is 6. The molecule has 3 aromatic rings. The lowest BCUT2D eigenvalue weighted by molar-refractivity contribution is -0.150. The quantitative estimate of drug-likeness (QED) is 0.434. The SMILES string of the molecule is COC(=O)[C@@H](O)Cc1cc2c(ccc3ccc(O)cc32)oc1=O. The number of methoxy groups -OCH3 is 1. The van der Waals surface area contributed by atoms with Crippen molar-refractivity contribution in [1.29, 1.82) is 0 Å². The van der Waals surface area contributed by atoms with E-state index in [9.17, 15) is 19.8 Å². The molecule has 0 bridgehead atoms. The van der Waals surface area contributed by atoms with Crippen molar-refractivity contribution in [3.8, 4) is 5.75 Å². The van der Waals surface area contributed by atoms with Crippen LogP contribution in [0.3, 0.4) is 0 Å². The van der Waals surface area contributed by atoms with Gasteiger partial charge in [-0.15, -0.1) is 0 Å². The van der Waals surface area contributed by atoms with Gasteiger partial charge in [-0.25, -0.2) is 9.59 Å². The largest absolute Gasteiger partial charge is 0.508 e. The first kappa shape index (κ1) is 15.1. The summed E-state index contributed by atoms with van der Waals surface area (Å²) in [6.07, 6.45) is -1.65. The molecule has 0 saturated heterocycles. The summed E-state index contributed by atoms with van der Waals surface area (Å²) in [6, 6.07) is 9.89. The maximum atomic E-state index is 12.0. The van der Waals surface area contributed by atoms with Crippen LogP contribution in [0.5, 0.6) is 5.75 Å². The Kier molecular flexibility index (Phi) is 3.75. The second-order valence-corrected chi connectivity index (χ2v) is 5.18. The fraction of sp³-hybridized carbons (Fsp3) is 0.176. The summed E-state index contributed by atoms with van der Waals surface area (Å²) in [7, 11) is 1.16. The molecule has 1 heterocycles. The average Bonchev–Trinajstić information content (AvgIpc) is 2.54. The fourth-order valence-corrected chi connectivity index (χ4v) is 2.52. The van der Waals surface area contributed by atoms with Gasteiger partial charge < -0.3 is 19.4 Å². The van der Waals surface area contributed by atoms with Gasteiger partial charge in [-0.05, 0) is 35.0 Å². The second-order valence-electron chi connectivity index (χ2n) is 5.18. The molecular weight excluding hydrogens is 300 g/mol. The maximum absolute atomic E-state index is 12.0. The van der Waals surface area contributed by atoms with E-state index in [2.05, 4.69) is 4.74 Å². The molecular formula is C17H14O6. The van der Waals surface area contributed by atoms with Gasteiger partial charge in [0.05, 0.1) is 7.11 Å². The van der Waals surface area contributed by atoms with Crippen molar-refractivity contribution in [2.45, 2.75) is 12.5 Å². The van der Waals surface area contributed by atoms with E-state index in [0.29, 0.717) is 16.4 Å². The molecule has 1 atom stereocenters. The van der Waals surface area contributed by atoms with Gasteiger partial charge in [0, 0.05) is 17.4 Å². The van der Waals surface area contributed by atoms with Crippen LogP contribution in [0.1, 0.15) is 5.56 Å². The predicted molar refractivity (Wildman–Crippen MR) is 83.4 cm³/mol. The zero-order chi connectivity index (χ0) is 16.6. The van der Waals surface area contributed by atoms with Crippen LogP contribution in [0.25, 0.3) is 21.7 Å². The van der Waals surface area contributed by atoms with Crippen LogP contribution in [0.2, 0.25) is 0 Å². The number of phenolic OH excluding ortho intramolecular Hbond substituents is 1. The number of carbonyl (C=O) groups excluding carboxylic acids is 1. The van der Waals surface area contributed by atoms with Gasteiger partial charge in [-0.3, -0.25) is 0 Å². The number of benzene rings is 2. The number of esters is 1. The normalized spacial score (nSPS) is 12.4. The summed E-state index contributed by atoms with van der Waals surface area (Å²) in [6.45, 7) is 0. The van der Waals surface area contributed by atoms with Crippen LogP contribution in [-0.4, -0.2) is 29.4 Å². The van der Waals surface area contributed by atoms with Crippen molar-refractivity contribution in [2.75, 3.05) is 7.11 Å². The molecule has 0 fully saturated rings. The van der Waals surface area contributed by atoms with Crippen LogP contribution in [0.15, 0.2) is 45.6 Å². The Hall–Kier alpha value is -2.86. The number of rotatable bonds is 3. The van der Waals surface area contributed by atoms with Crippen LogP contribution in [-0.2, 0) is 16.0 Å². The van der Waals surface area contributed by atoms with Gasteiger partial charge in [0.25, 0.3) is 0 Å². The Bertz CT molecular complexity index is 956. The first-order valence-corrected chi connectivity index (χ1v) is 6.94. The molecule has 6 nitrogen and oxygen atoms in total. The monoisotopic (exact) mass is 314 g/mol. The first-order valence-electron chi connectivity index (χ1n) is 6.94.